The Morgan fingerprint density at radius 3 is 2.00 bits per heavy atom. The minimum atomic E-state index is -1.52. The lowest BCUT2D eigenvalue weighted by Crippen LogP contribution is -2.38. The molecule has 1 aromatic rings. The molecular weight excluding hydrogens is 214 g/mol. The van der Waals surface area contributed by atoms with Crippen molar-refractivity contribution < 1.29 is 5.11 Å². The number of rotatable bonds is 1. The normalized spacial score (nSPS) is 12.9. The lowest BCUT2D eigenvalue weighted by Gasteiger charge is -2.26. The Morgan fingerprint density at radius 2 is 1.62 bits per heavy atom. The highest BCUT2D eigenvalue weighted by Gasteiger charge is 2.25. The number of hydrogen-bond donors (Lipinski definition) is 2. The zero-order valence-corrected chi connectivity index (χ0v) is 12.2. The molecule has 1 rings (SSSR count). The fourth-order valence-corrected chi connectivity index (χ4v) is 3.27. The Hall–Kier alpha value is -0.963. The summed E-state index contributed by atoms with van der Waals surface area (Å²) < 4.78 is 0. The zero-order chi connectivity index (χ0) is 12.7. The third-order valence-corrected chi connectivity index (χ3v) is 4.80. The van der Waals surface area contributed by atoms with Crippen molar-refractivity contribution in [3.63, 3.8) is 0 Å². The third-order valence-electron chi connectivity index (χ3n) is 2.78. The summed E-state index contributed by atoms with van der Waals surface area (Å²) in [6.45, 7) is 13.1. The van der Waals surface area contributed by atoms with Crippen LogP contribution in [0.25, 0.3) is 0 Å². The number of hydrogen-bond acceptors (Lipinski definition) is 2. The summed E-state index contributed by atoms with van der Waals surface area (Å²) in [7, 11) is -1.52. The molecule has 0 saturated carbocycles. The number of benzene rings is 1. The fourth-order valence-electron chi connectivity index (χ4n) is 1.85. The minimum absolute atomic E-state index is 0.0200. The molecule has 0 aromatic heterocycles. The van der Waals surface area contributed by atoms with Gasteiger partial charge in [0.25, 0.3) is 0 Å². The molecule has 0 unspecified atom stereocenters. The van der Waals surface area contributed by atoms with Crippen molar-refractivity contribution in [1.82, 2.24) is 0 Å². The van der Waals surface area contributed by atoms with Gasteiger partial charge in [-0.05, 0) is 16.2 Å². The first-order valence-electron chi connectivity index (χ1n) is 5.67. The van der Waals surface area contributed by atoms with E-state index in [-0.39, 0.29) is 5.41 Å². The van der Waals surface area contributed by atoms with Gasteiger partial charge in [0.2, 0.25) is 0 Å². The third kappa shape index (κ3) is 2.58. The standard InChI is InChI=1S/C13H23NOSi/c1-13(2,3)9-7-12(16(4,5)6)11(15)8-10(9)14/h7-8,15H,14H2,1-6H3. The largest absolute Gasteiger partial charge is 0.508 e. The molecule has 16 heavy (non-hydrogen) atoms. The van der Waals surface area contributed by atoms with E-state index >= 15 is 0 Å². The highest BCUT2D eigenvalue weighted by atomic mass is 28.3. The van der Waals surface area contributed by atoms with Crippen molar-refractivity contribution in [2.45, 2.75) is 45.8 Å². The molecule has 2 nitrogen and oxygen atoms in total. The van der Waals surface area contributed by atoms with Crippen LogP contribution in [0.2, 0.25) is 19.6 Å². The first-order chi connectivity index (χ1) is 7.03. The molecule has 0 aliphatic carbocycles. The lowest BCUT2D eigenvalue weighted by molar-refractivity contribution is 0.478. The van der Waals surface area contributed by atoms with E-state index < -0.39 is 8.07 Å². The first kappa shape index (κ1) is 13.1. The van der Waals surface area contributed by atoms with Crippen molar-refractivity contribution in [2.75, 3.05) is 5.73 Å². The van der Waals surface area contributed by atoms with E-state index in [4.69, 9.17) is 5.73 Å². The van der Waals surface area contributed by atoms with Crippen molar-refractivity contribution in [2.24, 2.45) is 0 Å². The number of phenols is 1. The summed E-state index contributed by atoms with van der Waals surface area (Å²) in [5, 5.41) is 11.1. The summed E-state index contributed by atoms with van der Waals surface area (Å²) >= 11 is 0. The maximum atomic E-state index is 9.97. The minimum Gasteiger partial charge on any atom is -0.508 e. The Balaban J connectivity index is 3.45. The van der Waals surface area contributed by atoms with Crippen LogP contribution in [0, 0.1) is 0 Å². The molecular formula is C13H23NOSi. The molecule has 90 valence electrons. The summed E-state index contributed by atoms with van der Waals surface area (Å²) in [5.41, 5.74) is 7.81. The molecule has 0 atom stereocenters. The van der Waals surface area contributed by atoms with Crippen LogP contribution in [0.5, 0.6) is 5.75 Å². The highest BCUT2D eigenvalue weighted by Crippen LogP contribution is 2.30. The van der Waals surface area contributed by atoms with E-state index in [2.05, 4.69) is 46.5 Å². The molecule has 0 aliphatic heterocycles. The topological polar surface area (TPSA) is 46.2 Å². The number of nitrogen functional groups attached to an aromatic ring is 1. The van der Waals surface area contributed by atoms with Crippen LogP contribution in [0.15, 0.2) is 12.1 Å². The zero-order valence-electron chi connectivity index (χ0n) is 11.2. The lowest BCUT2D eigenvalue weighted by atomic mass is 9.86. The van der Waals surface area contributed by atoms with Gasteiger partial charge in [-0.1, -0.05) is 46.5 Å². The van der Waals surface area contributed by atoms with Crippen LogP contribution >= 0.6 is 0 Å². The summed E-state index contributed by atoms with van der Waals surface area (Å²) in [4.78, 5) is 0. The second-order valence-electron chi connectivity index (χ2n) is 6.46. The van der Waals surface area contributed by atoms with Crippen molar-refractivity contribution in [3.05, 3.63) is 17.7 Å². The van der Waals surface area contributed by atoms with E-state index in [1.165, 1.54) is 0 Å². The van der Waals surface area contributed by atoms with Gasteiger partial charge in [0, 0.05) is 11.8 Å². The summed E-state index contributed by atoms with van der Waals surface area (Å²) in [6, 6.07) is 3.80. The number of aromatic hydroxyl groups is 1. The first-order valence-corrected chi connectivity index (χ1v) is 9.17. The van der Waals surface area contributed by atoms with Gasteiger partial charge in [0.05, 0.1) is 8.07 Å². The van der Waals surface area contributed by atoms with E-state index in [1.807, 2.05) is 0 Å². The monoisotopic (exact) mass is 237 g/mol. The van der Waals surface area contributed by atoms with Crippen LogP contribution in [0.1, 0.15) is 26.3 Å². The molecule has 0 bridgehead atoms. The smallest absolute Gasteiger partial charge is 0.116 e. The van der Waals surface area contributed by atoms with Gasteiger partial charge >= 0.3 is 0 Å². The molecule has 0 fully saturated rings. The van der Waals surface area contributed by atoms with E-state index in [0.717, 1.165) is 10.8 Å². The second kappa shape index (κ2) is 3.81. The van der Waals surface area contributed by atoms with E-state index in [0.29, 0.717) is 11.4 Å². The number of nitrogens with two attached hydrogens (primary N) is 1. The fraction of sp³-hybridized carbons (Fsp3) is 0.538. The predicted octanol–water partition coefficient (Wildman–Crippen LogP) is 2.82. The van der Waals surface area contributed by atoms with Gasteiger partial charge in [0.1, 0.15) is 5.75 Å². The molecule has 1 aromatic carbocycles. The molecule has 3 heteroatoms. The van der Waals surface area contributed by atoms with Crippen molar-refractivity contribution in [1.29, 1.82) is 0 Å². The Morgan fingerprint density at radius 1 is 1.12 bits per heavy atom. The van der Waals surface area contributed by atoms with Crippen LogP contribution < -0.4 is 10.9 Å². The highest BCUT2D eigenvalue weighted by molar-refractivity contribution is 6.89. The molecule has 0 radical (unpaired) electrons. The average Bonchev–Trinajstić information content (AvgIpc) is 1.97. The van der Waals surface area contributed by atoms with Crippen molar-refractivity contribution >= 4 is 18.9 Å². The summed E-state index contributed by atoms with van der Waals surface area (Å²) in [5.74, 6) is 0.352. The SMILES string of the molecule is CC(C)(C)c1cc([Si](C)(C)C)c(O)cc1N. The Kier molecular flexibility index (Phi) is 3.12. The second-order valence-corrected chi connectivity index (χ2v) is 11.5. The van der Waals surface area contributed by atoms with Crippen molar-refractivity contribution in [3.8, 4) is 5.75 Å². The summed E-state index contributed by atoms with van der Waals surface area (Å²) in [6.07, 6.45) is 0. The molecule has 0 amide bonds. The van der Waals surface area contributed by atoms with Gasteiger partial charge in [0.15, 0.2) is 0 Å². The molecule has 0 saturated heterocycles. The quantitative estimate of drug-likeness (QED) is 0.583. The average molecular weight is 237 g/mol. The number of anilines is 1. The van der Waals surface area contributed by atoms with Gasteiger partial charge in [-0.2, -0.15) is 0 Å². The number of phenolic OH excluding ortho intramolecular Hbond substituents is 1. The van der Waals surface area contributed by atoms with Crippen LogP contribution in [0.4, 0.5) is 5.69 Å². The van der Waals surface area contributed by atoms with Crippen LogP contribution in [-0.4, -0.2) is 13.2 Å². The molecule has 0 heterocycles. The molecule has 0 spiro atoms. The Labute approximate surface area is 99.5 Å². The predicted molar refractivity (Wildman–Crippen MR) is 74.2 cm³/mol. The van der Waals surface area contributed by atoms with Gasteiger partial charge in [-0.25, -0.2) is 0 Å². The Bertz CT molecular complexity index is 364. The van der Waals surface area contributed by atoms with Gasteiger partial charge < -0.3 is 10.8 Å². The van der Waals surface area contributed by atoms with Gasteiger partial charge in [-0.3, -0.25) is 0 Å². The maximum Gasteiger partial charge on any atom is 0.116 e. The van der Waals surface area contributed by atoms with E-state index in [1.54, 1.807) is 6.07 Å². The maximum absolute atomic E-state index is 9.97. The van der Waals surface area contributed by atoms with Crippen LogP contribution in [0.3, 0.4) is 0 Å². The van der Waals surface area contributed by atoms with Gasteiger partial charge in [-0.15, -0.1) is 0 Å². The molecule has 3 N–H and O–H groups in total. The molecule has 0 aliphatic rings. The van der Waals surface area contributed by atoms with E-state index in [9.17, 15) is 5.11 Å². The van der Waals surface area contributed by atoms with Crippen LogP contribution in [-0.2, 0) is 5.41 Å².